The van der Waals surface area contributed by atoms with Gasteiger partial charge in [-0.05, 0) is 37.1 Å². The second kappa shape index (κ2) is 8.98. The van der Waals surface area contributed by atoms with E-state index in [0.717, 1.165) is 29.8 Å². The fourth-order valence-electron chi connectivity index (χ4n) is 2.69. The molecule has 1 aromatic carbocycles. The molecule has 9 heteroatoms. The summed E-state index contributed by atoms with van der Waals surface area (Å²) in [6.45, 7) is -0.0521. The topological polar surface area (TPSA) is 101 Å². The van der Waals surface area contributed by atoms with Crippen molar-refractivity contribution in [3.8, 4) is 0 Å². The number of amides is 1. The van der Waals surface area contributed by atoms with Crippen LogP contribution in [0.4, 0.5) is 5.69 Å². The van der Waals surface area contributed by atoms with Gasteiger partial charge in [-0.25, -0.2) is 8.42 Å². The summed E-state index contributed by atoms with van der Waals surface area (Å²) in [6, 6.07) is 5.97. The van der Waals surface area contributed by atoms with Crippen LogP contribution in [0.2, 0.25) is 0 Å². The zero-order valence-corrected chi connectivity index (χ0v) is 16.3. The standard InChI is InChI=1S/C18H24N2O6S/c1-19(27(2,24)25)15-9-7-14(8-10-15)16(21)13-26-18(23)12-20-11-5-3-4-6-17(20)22/h7-10H,3-6,11-13H2,1-2H3. The Hall–Kier alpha value is -2.42. The number of Topliss-reactive ketones (excluding diaryl/α,β-unsaturated/α-hetero) is 1. The lowest BCUT2D eigenvalue weighted by molar-refractivity contribution is -0.148. The van der Waals surface area contributed by atoms with Crippen LogP contribution in [0.25, 0.3) is 0 Å². The first-order valence-electron chi connectivity index (χ1n) is 8.69. The Morgan fingerprint density at radius 2 is 1.81 bits per heavy atom. The highest BCUT2D eigenvalue weighted by Gasteiger charge is 2.20. The summed E-state index contributed by atoms with van der Waals surface area (Å²) in [4.78, 5) is 37.4. The molecule has 2 rings (SSSR count). The SMILES string of the molecule is CN(c1ccc(C(=O)COC(=O)CN2CCCCCC2=O)cc1)S(C)(=O)=O. The van der Waals surface area contributed by atoms with E-state index < -0.39 is 28.4 Å². The smallest absolute Gasteiger partial charge is 0.326 e. The van der Waals surface area contributed by atoms with Gasteiger partial charge in [-0.3, -0.25) is 18.7 Å². The van der Waals surface area contributed by atoms with Gasteiger partial charge >= 0.3 is 5.97 Å². The van der Waals surface area contributed by atoms with Crippen LogP contribution >= 0.6 is 0 Å². The molecule has 1 amide bonds. The van der Waals surface area contributed by atoms with Gasteiger partial charge in [0.1, 0.15) is 6.54 Å². The third kappa shape index (κ3) is 6.06. The summed E-state index contributed by atoms with van der Waals surface area (Å²) in [7, 11) is -1.97. The van der Waals surface area contributed by atoms with E-state index in [4.69, 9.17) is 4.74 Å². The van der Waals surface area contributed by atoms with Crippen LogP contribution in [-0.2, 0) is 24.3 Å². The number of esters is 1. The molecule has 1 aromatic rings. The van der Waals surface area contributed by atoms with Gasteiger partial charge < -0.3 is 9.64 Å². The maximum atomic E-state index is 12.1. The number of carbonyl (C=O) groups is 3. The van der Waals surface area contributed by atoms with Crippen LogP contribution in [0.1, 0.15) is 36.0 Å². The quantitative estimate of drug-likeness (QED) is 0.507. The van der Waals surface area contributed by atoms with Gasteiger partial charge in [-0.15, -0.1) is 0 Å². The van der Waals surface area contributed by atoms with Crippen LogP contribution in [-0.4, -0.2) is 64.0 Å². The molecule has 0 spiro atoms. The lowest BCUT2D eigenvalue weighted by Crippen LogP contribution is -2.36. The van der Waals surface area contributed by atoms with Crippen molar-refractivity contribution in [2.45, 2.75) is 25.7 Å². The van der Waals surface area contributed by atoms with Crippen molar-refractivity contribution in [3.05, 3.63) is 29.8 Å². The predicted molar refractivity (Wildman–Crippen MR) is 100 cm³/mol. The van der Waals surface area contributed by atoms with Crippen molar-refractivity contribution >= 4 is 33.4 Å². The zero-order valence-electron chi connectivity index (χ0n) is 15.5. The monoisotopic (exact) mass is 396 g/mol. The van der Waals surface area contributed by atoms with Gasteiger partial charge in [-0.1, -0.05) is 6.42 Å². The molecule has 1 heterocycles. The number of ketones is 1. The summed E-state index contributed by atoms with van der Waals surface area (Å²) in [6.07, 6.45) is 4.15. The molecule has 1 aliphatic rings. The van der Waals surface area contributed by atoms with Gasteiger partial charge in [0.05, 0.1) is 11.9 Å². The number of hydrogen-bond donors (Lipinski definition) is 0. The Balaban J connectivity index is 1.87. The summed E-state index contributed by atoms with van der Waals surface area (Å²) in [5, 5.41) is 0. The van der Waals surface area contributed by atoms with Crippen molar-refractivity contribution in [3.63, 3.8) is 0 Å². The van der Waals surface area contributed by atoms with E-state index >= 15 is 0 Å². The van der Waals surface area contributed by atoms with Crippen LogP contribution in [0, 0.1) is 0 Å². The van der Waals surface area contributed by atoms with E-state index in [0.29, 0.717) is 24.2 Å². The first-order valence-corrected chi connectivity index (χ1v) is 10.5. The Morgan fingerprint density at radius 3 is 2.44 bits per heavy atom. The molecule has 0 radical (unpaired) electrons. The Labute approximate surface area is 159 Å². The molecule has 0 aromatic heterocycles. The van der Waals surface area contributed by atoms with Crippen molar-refractivity contribution < 1.29 is 27.5 Å². The molecule has 0 unspecified atom stereocenters. The second-order valence-corrected chi connectivity index (χ2v) is 8.50. The van der Waals surface area contributed by atoms with Gasteiger partial charge in [0.25, 0.3) is 0 Å². The number of hydrogen-bond acceptors (Lipinski definition) is 6. The van der Waals surface area contributed by atoms with E-state index in [-0.39, 0.29) is 12.5 Å². The van der Waals surface area contributed by atoms with Gasteiger partial charge in [-0.2, -0.15) is 0 Å². The van der Waals surface area contributed by atoms with Gasteiger partial charge in [0, 0.05) is 25.6 Å². The number of rotatable bonds is 7. The molecule has 1 aliphatic heterocycles. The van der Waals surface area contributed by atoms with E-state index in [1.54, 1.807) is 0 Å². The highest BCUT2D eigenvalue weighted by molar-refractivity contribution is 7.92. The van der Waals surface area contributed by atoms with Crippen LogP contribution < -0.4 is 4.31 Å². The zero-order chi connectivity index (χ0) is 20.0. The van der Waals surface area contributed by atoms with Crippen molar-refractivity contribution in [1.82, 2.24) is 4.90 Å². The summed E-state index contributed by atoms with van der Waals surface area (Å²) in [5.41, 5.74) is 0.727. The molecule has 1 fully saturated rings. The Kier molecular flexibility index (Phi) is 6.95. The minimum atomic E-state index is -3.38. The Bertz CT molecular complexity index is 804. The summed E-state index contributed by atoms with van der Waals surface area (Å²) < 4.78 is 29.1. The van der Waals surface area contributed by atoms with Gasteiger partial charge in [0.2, 0.25) is 15.9 Å². The molecule has 8 nitrogen and oxygen atoms in total. The Morgan fingerprint density at radius 1 is 1.15 bits per heavy atom. The summed E-state index contributed by atoms with van der Waals surface area (Å²) >= 11 is 0. The number of benzene rings is 1. The first kappa shape index (κ1) is 20.9. The molecule has 1 saturated heterocycles. The molecule has 0 aliphatic carbocycles. The van der Waals surface area contributed by atoms with E-state index in [9.17, 15) is 22.8 Å². The maximum absolute atomic E-state index is 12.1. The van der Waals surface area contributed by atoms with E-state index in [2.05, 4.69) is 0 Å². The predicted octanol–water partition coefficient (Wildman–Crippen LogP) is 1.21. The fraction of sp³-hybridized carbons (Fsp3) is 0.500. The largest absolute Gasteiger partial charge is 0.456 e. The maximum Gasteiger partial charge on any atom is 0.326 e. The van der Waals surface area contributed by atoms with Crippen molar-refractivity contribution in [2.24, 2.45) is 0 Å². The lowest BCUT2D eigenvalue weighted by atomic mass is 10.1. The van der Waals surface area contributed by atoms with Crippen molar-refractivity contribution in [2.75, 3.05) is 37.3 Å². The fourth-order valence-corrected chi connectivity index (χ4v) is 3.19. The first-order chi connectivity index (χ1) is 12.7. The number of nitrogens with zero attached hydrogens (tertiary/aromatic N) is 2. The van der Waals surface area contributed by atoms with Crippen LogP contribution in [0.3, 0.4) is 0 Å². The lowest BCUT2D eigenvalue weighted by Gasteiger charge is -2.19. The molecular weight excluding hydrogens is 372 g/mol. The molecule has 0 atom stereocenters. The number of sulfonamides is 1. The van der Waals surface area contributed by atoms with Crippen molar-refractivity contribution in [1.29, 1.82) is 0 Å². The second-order valence-electron chi connectivity index (χ2n) is 6.49. The minimum Gasteiger partial charge on any atom is -0.456 e. The number of likely N-dealkylation sites (tertiary alicyclic amines) is 1. The highest BCUT2D eigenvalue weighted by atomic mass is 32.2. The number of anilines is 1. The third-order valence-electron chi connectivity index (χ3n) is 4.41. The third-order valence-corrected chi connectivity index (χ3v) is 5.61. The van der Waals surface area contributed by atoms with Gasteiger partial charge in [0.15, 0.2) is 12.4 Å². The molecule has 148 valence electrons. The average molecular weight is 396 g/mol. The summed E-state index contributed by atoms with van der Waals surface area (Å²) in [5.74, 6) is -1.09. The number of carbonyl (C=O) groups excluding carboxylic acids is 3. The normalized spacial score (nSPS) is 15.2. The molecular formula is C18H24N2O6S. The molecule has 0 bridgehead atoms. The molecule has 0 N–H and O–H groups in total. The average Bonchev–Trinajstić information content (AvgIpc) is 2.83. The van der Waals surface area contributed by atoms with E-state index in [1.807, 2.05) is 0 Å². The number of ether oxygens (including phenoxy) is 1. The van der Waals surface area contributed by atoms with E-state index in [1.165, 1.54) is 36.2 Å². The van der Waals surface area contributed by atoms with Crippen LogP contribution in [0.15, 0.2) is 24.3 Å². The van der Waals surface area contributed by atoms with Crippen LogP contribution in [0.5, 0.6) is 0 Å². The molecule has 0 saturated carbocycles. The molecule has 27 heavy (non-hydrogen) atoms. The minimum absolute atomic E-state index is 0.0682. The highest BCUT2D eigenvalue weighted by Crippen LogP contribution is 2.17.